The molecule has 0 radical (unpaired) electrons. The molecule has 1 amide bonds. The number of rotatable bonds is 9. The van der Waals surface area contributed by atoms with Gasteiger partial charge >= 0.3 is 5.97 Å². The van der Waals surface area contributed by atoms with Crippen LogP contribution in [0.25, 0.3) is 0 Å². The van der Waals surface area contributed by atoms with Gasteiger partial charge in [0.15, 0.2) is 30.5 Å². The Hall–Kier alpha value is -3.06. The summed E-state index contributed by atoms with van der Waals surface area (Å²) in [5, 5.41) is 0.516. The van der Waals surface area contributed by atoms with Gasteiger partial charge in [0.05, 0.1) is 12.2 Å². The molecular weight excluding hydrogens is 434 g/mol. The summed E-state index contributed by atoms with van der Waals surface area (Å²) in [6.07, 6.45) is 3.16. The van der Waals surface area contributed by atoms with Crippen molar-refractivity contribution in [2.24, 2.45) is 0 Å². The van der Waals surface area contributed by atoms with Gasteiger partial charge < -0.3 is 19.1 Å². The maximum Gasteiger partial charge on any atom is 0.338 e. The molecule has 0 atom stereocenters. The van der Waals surface area contributed by atoms with Crippen molar-refractivity contribution in [3.8, 4) is 11.5 Å². The van der Waals surface area contributed by atoms with Crippen LogP contribution in [-0.4, -0.2) is 55.5 Å². The van der Waals surface area contributed by atoms with Crippen LogP contribution in [0.4, 0.5) is 0 Å². The number of Topliss-reactive ketones (excluding diaryl/α,β-unsaturated/α-hetero) is 1. The quantitative estimate of drug-likeness (QED) is 0.413. The maximum absolute atomic E-state index is 12.4. The summed E-state index contributed by atoms with van der Waals surface area (Å²) in [4.78, 5) is 38.8. The Kier molecular flexibility index (Phi) is 8.50. The largest absolute Gasteiger partial charge is 0.490 e. The van der Waals surface area contributed by atoms with Gasteiger partial charge in [-0.15, -0.1) is 0 Å². The summed E-state index contributed by atoms with van der Waals surface area (Å²) in [5.41, 5.74) is 0.617. The average Bonchev–Trinajstić information content (AvgIpc) is 2.82. The van der Waals surface area contributed by atoms with Gasteiger partial charge in [-0.25, -0.2) is 4.79 Å². The first-order valence-corrected chi connectivity index (χ1v) is 11.0. The maximum atomic E-state index is 12.4. The van der Waals surface area contributed by atoms with E-state index < -0.39 is 12.6 Å². The molecule has 0 unspecified atom stereocenters. The molecule has 1 aliphatic rings. The number of benzene rings is 2. The van der Waals surface area contributed by atoms with E-state index in [0.29, 0.717) is 28.7 Å². The van der Waals surface area contributed by atoms with E-state index >= 15 is 0 Å². The summed E-state index contributed by atoms with van der Waals surface area (Å²) < 4.78 is 16.4. The van der Waals surface area contributed by atoms with Crippen molar-refractivity contribution in [3.05, 3.63) is 58.6 Å². The SMILES string of the molecule is CCOc1cc(C(=O)OCC(=O)c2ccc(Cl)cc2)ccc1OCC(=O)N1CCCCC1. The van der Waals surface area contributed by atoms with E-state index in [1.54, 1.807) is 42.2 Å². The molecule has 8 heteroatoms. The minimum Gasteiger partial charge on any atom is -0.490 e. The van der Waals surface area contributed by atoms with Gasteiger partial charge in [0, 0.05) is 23.7 Å². The monoisotopic (exact) mass is 459 g/mol. The standard InChI is InChI=1S/C24H26ClNO6/c1-2-30-22-14-18(24(29)32-15-20(27)17-6-9-19(25)10-7-17)8-11-21(22)31-16-23(28)26-12-4-3-5-13-26/h6-11,14H,2-5,12-13,15-16H2,1H3. The fraction of sp³-hybridized carbons (Fsp3) is 0.375. The van der Waals surface area contributed by atoms with Crippen LogP contribution in [0.15, 0.2) is 42.5 Å². The highest BCUT2D eigenvalue weighted by Gasteiger charge is 2.19. The predicted molar refractivity (Wildman–Crippen MR) is 120 cm³/mol. The first-order chi connectivity index (χ1) is 15.5. The van der Waals surface area contributed by atoms with Crippen molar-refractivity contribution >= 4 is 29.3 Å². The van der Waals surface area contributed by atoms with E-state index in [1.807, 2.05) is 0 Å². The molecule has 32 heavy (non-hydrogen) atoms. The van der Waals surface area contributed by atoms with Gasteiger partial charge in [-0.05, 0) is 68.7 Å². The number of esters is 1. The molecule has 170 valence electrons. The molecule has 1 fully saturated rings. The van der Waals surface area contributed by atoms with Crippen LogP contribution < -0.4 is 9.47 Å². The van der Waals surface area contributed by atoms with Crippen LogP contribution in [0.3, 0.4) is 0 Å². The molecule has 0 spiro atoms. The fourth-order valence-corrected chi connectivity index (χ4v) is 3.46. The van der Waals surface area contributed by atoms with Gasteiger partial charge in [0.25, 0.3) is 5.91 Å². The van der Waals surface area contributed by atoms with Gasteiger partial charge in [-0.3, -0.25) is 9.59 Å². The Morgan fingerprint density at radius 2 is 1.56 bits per heavy atom. The van der Waals surface area contributed by atoms with Crippen molar-refractivity contribution in [1.82, 2.24) is 4.90 Å². The summed E-state index contributed by atoms with van der Waals surface area (Å²) in [6, 6.07) is 10.9. The van der Waals surface area contributed by atoms with Crippen molar-refractivity contribution < 1.29 is 28.6 Å². The minimum atomic E-state index is -0.663. The number of ketones is 1. The number of halogens is 1. The molecule has 2 aromatic rings. The van der Waals surface area contributed by atoms with E-state index in [1.165, 1.54) is 12.1 Å². The second kappa shape index (κ2) is 11.5. The highest BCUT2D eigenvalue weighted by atomic mass is 35.5. The Morgan fingerprint density at radius 1 is 0.875 bits per heavy atom. The number of likely N-dealkylation sites (tertiary alicyclic amines) is 1. The Labute approximate surface area is 192 Å². The van der Waals surface area contributed by atoms with Crippen molar-refractivity contribution in [2.45, 2.75) is 26.2 Å². The third kappa shape index (κ3) is 6.47. The van der Waals surface area contributed by atoms with Crippen LogP contribution in [0.2, 0.25) is 5.02 Å². The highest BCUT2D eigenvalue weighted by molar-refractivity contribution is 6.30. The van der Waals surface area contributed by atoms with E-state index in [9.17, 15) is 14.4 Å². The zero-order chi connectivity index (χ0) is 22.9. The van der Waals surface area contributed by atoms with Gasteiger partial charge in [-0.2, -0.15) is 0 Å². The number of amides is 1. The third-order valence-electron chi connectivity index (χ3n) is 5.04. The third-order valence-corrected chi connectivity index (χ3v) is 5.29. The lowest BCUT2D eigenvalue weighted by Gasteiger charge is -2.26. The lowest BCUT2D eigenvalue weighted by molar-refractivity contribution is -0.134. The van der Waals surface area contributed by atoms with Crippen molar-refractivity contribution in [3.63, 3.8) is 0 Å². The fourth-order valence-electron chi connectivity index (χ4n) is 3.33. The molecule has 0 bridgehead atoms. The Bertz CT molecular complexity index is 953. The lowest BCUT2D eigenvalue weighted by Crippen LogP contribution is -2.38. The molecule has 1 aliphatic heterocycles. The number of hydrogen-bond acceptors (Lipinski definition) is 6. The summed E-state index contributed by atoms with van der Waals surface area (Å²) in [5.74, 6) is -0.375. The van der Waals surface area contributed by atoms with E-state index in [0.717, 1.165) is 32.4 Å². The first kappa shape index (κ1) is 23.6. The molecule has 0 N–H and O–H groups in total. The minimum absolute atomic E-state index is 0.0728. The molecular formula is C24H26ClNO6. The molecule has 3 rings (SSSR count). The number of carbonyl (C=O) groups is 3. The smallest absolute Gasteiger partial charge is 0.338 e. The average molecular weight is 460 g/mol. The molecule has 2 aromatic carbocycles. The second-order valence-corrected chi connectivity index (χ2v) is 7.77. The Balaban J connectivity index is 1.59. The van der Waals surface area contributed by atoms with E-state index in [-0.39, 0.29) is 23.9 Å². The Morgan fingerprint density at radius 3 is 2.25 bits per heavy atom. The number of carbonyl (C=O) groups excluding carboxylic acids is 3. The topological polar surface area (TPSA) is 82.1 Å². The number of piperidine rings is 1. The number of hydrogen-bond donors (Lipinski definition) is 0. The van der Waals surface area contributed by atoms with Crippen LogP contribution in [0, 0.1) is 0 Å². The summed E-state index contributed by atoms with van der Waals surface area (Å²) in [7, 11) is 0. The molecule has 7 nitrogen and oxygen atoms in total. The number of nitrogens with zero attached hydrogens (tertiary/aromatic N) is 1. The van der Waals surface area contributed by atoms with Crippen molar-refractivity contribution in [2.75, 3.05) is 32.9 Å². The molecule has 1 heterocycles. The normalized spacial score (nSPS) is 13.4. The zero-order valence-electron chi connectivity index (χ0n) is 18.0. The van der Waals surface area contributed by atoms with Gasteiger partial charge in [-0.1, -0.05) is 11.6 Å². The zero-order valence-corrected chi connectivity index (χ0v) is 18.7. The molecule has 0 saturated carbocycles. The highest BCUT2D eigenvalue weighted by Crippen LogP contribution is 2.29. The van der Waals surface area contributed by atoms with Crippen LogP contribution >= 0.6 is 11.6 Å². The van der Waals surface area contributed by atoms with Crippen LogP contribution in [-0.2, 0) is 9.53 Å². The van der Waals surface area contributed by atoms with E-state index in [2.05, 4.69) is 0 Å². The molecule has 0 aromatic heterocycles. The summed E-state index contributed by atoms with van der Waals surface area (Å²) >= 11 is 5.82. The number of ether oxygens (including phenoxy) is 3. The molecule has 0 aliphatic carbocycles. The van der Waals surface area contributed by atoms with Crippen LogP contribution in [0.5, 0.6) is 11.5 Å². The van der Waals surface area contributed by atoms with E-state index in [4.69, 9.17) is 25.8 Å². The lowest BCUT2D eigenvalue weighted by atomic mass is 10.1. The second-order valence-electron chi connectivity index (χ2n) is 7.33. The summed E-state index contributed by atoms with van der Waals surface area (Å²) in [6.45, 7) is 3.16. The van der Waals surface area contributed by atoms with Gasteiger partial charge in [0.1, 0.15) is 0 Å². The molecule has 1 saturated heterocycles. The van der Waals surface area contributed by atoms with Gasteiger partial charge in [0.2, 0.25) is 0 Å². The van der Waals surface area contributed by atoms with Crippen LogP contribution in [0.1, 0.15) is 46.9 Å². The van der Waals surface area contributed by atoms with Crippen molar-refractivity contribution in [1.29, 1.82) is 0 Å². The first-order valence-electron chi connectivity index (χ1n) is 10.6. The predicted octanol–water partition coefficient (Wildman–Crippen LogP) is 4.17.